The summed E-state index contributed by atoms with van der Waals surface area (Å²) in [4.78, 5) is 14.1. The second kappa shape index (κ2) is 4.46. The van der Waals surface area contributed by atoms with Gasteiger partial charge in [0, 0.05) is 20.5 Å². The van der Waals surface area contributed by atoms with Crippen molar-refractivity contribution >= 4 is 6.09 Å². The normalized spacial score (nSPS) is 28.2. The number of nitrogens with zero attached hydrogens (tertiary/aromatic N) is 1. The van der Waals surface area contributed by atoms with Gasteiger partial charge in [0.2, 0.25) is 0 Å². The number of amides is 1. The number of carbonyl (C=O) groups excluding carboxylic acids is 1. The van der Waals surface area contributed by atoms with E-state index in [1.165, 1.54) is 16.3 Å². The molecule has 0 radical (unpaired) electrons. The molecule has 0 aliphatic carbocycles. The average molecular weight is 187 g/mol. The van der Waals surface area contributed by atoms with Gasteiger partial charge in [-0.05, 0) is 6.42 Å². The molecule has 2 unspecified atom stereocenters. The predicted molar refractivity (Wildman–Crippen MR) is 49.8 cm³/mol. The molecule has 13 heavy (non-hydrogen) atoms. The maximum absolute atomic E-state index is 11.2. The fourth-order valence-electron chi connectivity index (χ4n) is 1.57. The van der Waals surface area contributed by atoms with Crippen LogP contribution in [0.5, 0.6) is 0 Å². The van der Waals surface area contributed by atoms with E-state index in [-0.39, 0.29) is 12.2 Å². The van der Waals surface area contributed by atoms with Crippen LogP contribution in [0.4, 0.5) is 4.79 Å². The van der Waals surface area contributed by atoms with Crippen molar-refractivity contribution in [3.8, 4) is 0 Å². The summed E-state index contributed by atoms with van der Waals surface area (Å²) in [7, 11) is 5.55. The standard InChI is InChI=1S/C9H18N2O2/c1-10(2)9(12)13-8-5-4-6-11(3)7-8/h8H,4-7H2,1-3H3/p+1. The molecule has 1 aliphatic heterocycles. The fourth-order valence-corrected chi connectivity index (χ4v) is 1.57. The summed E-state index contributed by atoms with van der Waals surface area (Å²) in [6, 6.07) is 0. The Morgan fingerprint density at radius 3 is 2.77 bits per heavy atom. The molecule has 0 spiro atoms. The number of likely N-dealkylation sites (N-methyl/N-ethyl adjacent to an activating group) is 1. The summed E-state index contributed by atoms with van der Waals surface area (Å²) in [6.07, 6.45) is 2.05. The minimum atomic E-state index is -0.222. The van der Waals surface area contributed by atoms with Crippen molar-refractivity contribution < 1.29 is 14.4 Å². The van der Waals surface area contributed by atoms with Crippen molar-refractivity contribution in [2.45, 2.75) is 18.9 Å². The van der Waals surface area contributed by atoms with E-state index in [2.05, 4.69) is 7.05 Å². The third-order valence-corrected chi connectivity index (χ3v) is 2.34. The molecule has 1 rings (SSSR count). The molecule has 0 bridgehead atoms. The van der Waals surface area contributed by atoms with Gasteiger partial charge in [0.25, 0.3) is 0 Å². The summed E-state index contributed by atoms with van der Waals surface area (Å²) in [5.41, 5.74) is 0. The van der Waals surface area contributed by atoms with E-state index in [1.807, 2.05) is 0 Å². The zero-order chi connectivity index (χ0) is 9.84. The molecule has 76 valence electrons. The van der Waals surface area contributed by atoms with Gasteiger partial charge in [0.15, 0.2) is 6.10 Å². The topological polar surface area (TPSA) is 34.0 Å². The molecule has 0 aromatic carbocycles. The van der Waals surface area contributed by atoms with E-state index in [1.54, 1.807) is 14.1 Å². The monoisotopic (exact) mass is 187 g/mol. The van der Waals surface area contributed by atoms with Crippen LogP contribution in [0.25, 0.3) is 0 Å². The maximum Gasteiger partial charge on any atom is 0.409 e. The number of nitrogens with one attached hydrogen (secondary N) is 1. The van der Waals surface area contributed by atoms with Gasteiger partial charge in [-0.3, -0.25) is 0 Å². The summed E-state index contributed by atoms with van der Waals surface area (Å²) in [5.74, 6) is 0. The highest BCUT2D eigenvalue weighted by Gasteiger charge is 2.23. The first-order valence-corrected chi connectivity index (χ1v) is 4.79. The minimum absolute atomic E-state index is 0.114. The molecule has 1 saturated heterocycles. The van der Waals surface area contributed by atoms with Crippen molar-refractivity contribution in [3.63, 3.8) is 0 Å². The van der Waals surface area contributed by atoms with Crippen LogP contribution in [0.3, 0.4) is 0 Å². The minimum Gasteiger partial charge on any atom is -0.440 e. The number of hydrogen-bond acceptors (Lipinski definition) is 2. The smallest absolute Gasteiger partial charge is 0.409 e. The van der Waals surface area contributed by atoms with Gasteiger partial charge in [-0.1, -0.05) is 0 Å². The van der Waals surface area contributed by atoms with Crippen molar-refractivity contribution in [2.24, 2.45) is 0 Å². The molecule has 1 aliphatic rings. The van der Waals surface area contributed by atoms with Gasteiger partial charge in [-0.15, -0.1) is 0 Å². The van der Waals surface area contributed by atoms with E-state index in [0.29, 0.717) is 0 Å². The fraction of sp³-hybridized carbons (Fsp3) is 0.889. The number of rotatable bonds is 1. The lowest BCUT2D eigenvalue weighted by Gasteiger charge is -2.27. The lowest BCUT2D eigenvalue weighted by atomic mass is 10.1. The van der Waals surface area contributed by atoms with E-state index in [4.69, 9.17) is 4.74 Å². The molecule has 2 atom stereocenters. The molecule has 0 aromatic heterocycles. The predicted octanol–water partition coefficient (Wildman–Crippen LogP) is -0.638. The van der Waals surface area contributed by atoms with E-state index in [9.17, 15) is 4.79 Å². The van der Waals surface area contributed by atoms with Crippen molar-refractivity contribution in [2.75, 3.05) is 34.2 Å². The van der Waals surface area contributed by atoms with E-state index < -0.39 is 0 Å². The SMILES string of the molecule is CN(C)C(=O)OC1CCC[NH+](C)C1. The Bertz CT molecular complexity index is 182. The lowest BCUT2D eigenvalue weighted by Crippen LogP contribution is -3.11. The Morgan fingerprint density at radius 1 is 1.54 bits per heavy atom. The Balaban J connectivity index is 2.31. The second-order valence-corrected chi connectivity index (χ2v) is 3.95. The van der Waals surface area contributed by atoms with Crippen molar-refractivity contribution in [1.82, 2.24) is 4.90 Å². The maximum atomic E-state index is 11.2. The number of hydrogen-bond donors (Lipinski definition) is 1. The summed E-state index contributed by atoms with van der Waals surface area (Å²) >= 11 is 0. The molecular formula is C9H19N2O2+. The lowest BCUT2D eigenvalue weighted by molar-refractivity contribution is -0.888. The van der Waals surface area contributed by atoms with Crippen LogP contribution in [0.2, 0.25) is 0 Å². The van der Waals surface area contributed by atoms with Crippen LogP contribution in [0, 0.1) is 0 Å². The first kappa shape index (κ1) is 10.3. The Morgan fingerprint density at radius 2 is 2.23 bits per heavy atom. The zero-order valence-electron chi connectivity index (χ0n) is 8.67. The van der Waals surface area contributed by atoms with Gasteiger partial charge in [0.05, 0.1) is 13.6 Å². The molecule has 4 heteroatoms. The van der Waals surface area contributed by atoms with Crippen LogP contribution in [0.1, 0.15) is 12.8 Å². The van der Waals surface area contributed by atoms with Crippen LogP contribution in [0.15, 0.2) is 0 Å². The number of piperidine rings is 1. The van der Waals surface area contributed by atoms with Crippen molar-refractivity contribution in [3.05, 3.63) is 0 Å². The summed E-state index contributed by atoms with van der Waals surface area (Å²) in [5, 5.41) is 0. The van der Waals surface area contributed by atoms with Crippen LogP contribution >= 0.6 is 0 Å². The van der Waals surface area contributed by atoms with E-state index in [0.717, 1.165) is 19.4 Å². The van der Waals surface area contributed by atoms with Gasteiger partial charge in [-0.25, -0.2) is 4.79 Å². The van der Waals surface area contributed by atoms with Gasteiger partial charge in [-0.2, -0.15) is 0 Å². The highest BCUT2D eigenvalue weighted by atomic mass is 16.6. The molecule has 1 amide bonds. The van der Waals surface area contributed by atoms with Crippen molar-refractivity contribution in [1.29, 1.82) is 0 Å². The Labute approximate surface area is 79.4 Å². The number of quaternary nitrogens is 1. The van der Waals surface area contributed by atoms with Crippen LogP contribution in [-0.4, -0.2) is 51.3 Å². The number of carbonyl (C=O) groups is 1. The highest BCUT2D eigenvalue weighted by molar-refractivity contribution is 5.66. The quantitative estimate of drug-likeness (QED) is 0.592. The molecule has 1 fully saturated rings. The number of ether oxygens (including phenoxy) is 1. The largest absolute Gasteiger partial charge is 0.440 e. The van der Waals surface area contributed by atoms with Crippen LogP contribution < -0.4 is 4.90 Å². The van der Waals surface area contributed by atoms with Crippen LogP contribution in [-0.2, 0) is 4.74 Å². The molecule has 4 nitrogen and oxygen atoms in total. The highest BCUT2D eigenvalue weighted by Crippen LogP contribution is 2.04. The first-order chi connectivity index (χ1) is 6.09. The molecule has 1 N–H and O–H groups in total. The number of likely N-dealkylation sites (tertiary alicyclic amines) is 1. The Kier molecular flexibility index (Phi) is 3.54. The molecular weight excluding hydrogens is 168 g/mol. The average Bonchev–Trinajstić information content (AvgIpc) is 2.04. The molecule has 0 saturated carbocycles. The third-order valence-electron chi connectivity index (χ3n) is 2.34. The van der Waals surface area contributed by atoms with Gasteiger partial charge >= 0.3 is 6.09 Å². The van der Waals surface area contributed by atoms with Gasteiger partial charge < -0.3 is 14.5 Å². The summed E-state index contributed by atoms with van der Waals surface area (Å²) < 4.78 is 5.29. The molecule has 0 aromatic rings. The second-order valence-electron chi connectivity index (χ2n) is 3.95. The Hall–Kier alpha value is -0.770. The van der Waals surface area contributed by atoms with Gasteiger partial charge in [0.1, 0.15) is 6.54 Å². The zero-order valence-corrected chi connectivity index (χ0v) is 8.67. The third kappa shape index (κ3) is 3.22. The first-order valence-electron chi connectivity index (χ1n) is 4.79. The van der Waals surface area contributed by atoms with E-state index >= 15 is 0 Å². The summed E-state index contributed by atoms with van der Waals surface area (Å²) in [6.45, 7) is 2.13. The molecule has 1 heterocycles.